The Hall–Kier alpha value is -1.84. The molecule has 1 atom stereocenters. The van der Waals surface area contributed by atoms with Gasteiger partial charge in [0.1, 0.15) is 18.1 Å². The van der Waals surface area contributed by atoms with Crippen LogP contribution in [0.2, 0.25) is 0 Å². The van der Waals surface area contributed by atoms with Crippen molar-refractivity contribution < 1.29 is 27.9 Å². The van der Waals surface area contributed by atoms with Crippen LogP contribution in [0.5, 0.6) is 0 Å². The highest BCUT2D eigenvalue weighted by Crippen LogP contribution is 2.20. The number of carboxylic acids is 1. The van der Waals surface area contributed by atoms with Crippen molar-refractivity contribution in [3.63, 3.8) is 0 Å². The molecule has 6 nitrogen and oxygen atoms in total. The van der Waals surface area contributed by atoms with Gasteiger partial charge in [-0.3, -0.25) is 4.79 Å². The first kappa shape index (κ1) is 17.2. The average Bonchev–Trinajstić information content (AvgIpc) is 2.86. The van der Waals surface area contributed by atoms with E-state index in [1.807, 2.05) is 0 Å². The molecule has 1 rings (SSSR count). The van der Waals surface area contributed by atoms with Crippen molar-refractivity contribution in [3.8, 4) is 0 Å². The summed E-state index contributed by atoms with van der Waals surface area (Å²) < 4.78 is 37.2. The molecule has 0 aliphatic carbocycles. The zero-order chi connectivity index (χ0) is 16.0. The number of thiazole rings is 1. The van der Waals surface area contributed by atoms with Crippen LogP contribution >= 0.6 is 11.3 Å². The SMILES string of the molecule is CCC(NC(=O)N(CC(=O)O)CC(F)(F)F)c1nccs1. The van der Waals surface area contributed by atoms with Gasteiger partial charge in [0.15, 0.2) is 0 Å². The topological polar surface area (TPSA) is 82.5 Å². The third kappa shape index (κ3) is 5.98. The summed E-state index contributed by atoms with van der Waals surface area (Å²) in [6.07, 6.45) is -2.73. The van der Waals surface area contributed by atoms with E-state index in [-0.39, 0.29) is 4.90 Å². The molecular formula is C11H14F3N3O3S. The Morgan fingerprint density at radius 3 is 2.62 bits per heavy atom. The number of hydrogen-bond donors (Lipinski definition) is 2. The lowest BCUT2D eigenvalue weighted by Gasteiger charge is -2.25. The molecule has 0 saturated heterocycles. The number of nitrogens with one attached hydrogen (secondary N) is 1. The molecule has 1 unspecified atom stereocenters. The lowest BCUT2D eigenvalue weighted by atomic mass is 10.2. The smallest absolute Gasteiger partial charge is 0.406 e. The maximum absolute atomic E-state index is 12.4. The van der Waals surface area contributed by atoms with Gasteiger partial charge in [-0.2, -0.15) is 13.2 Å². The Balaban J connectivity index is 2.77. The maximum Gasteiger partial charge on any atom is 0.406 e. The van der Waals surface area contributed by atoms with Crippen molar-refractivity contribution in [2.75, 3.05) is 13.1 Å². The van der Waals surface area contributed by atoms with E-state index in [0.29, 0.717) is 11.4 Å². The summed E-state index contributed by atoms with van der Waals surface area (Å²) >= 11 is 1.25. The molecule has 21 heavy (non-hydrogen) atoms. The summed E-state index contributed by atoms with van der Waals surface area (Å²) in [5.41, 5.74) is 0. The van der Waals surface area contributed by atoms with Gasteiger partial charge in [0.25, 0.3) is 0 Å². The zero-order valence-electron chi connectivity index (χ0n) is 11.1. The molecular weight excluding hydrogens is 311 g/mol. The number of amides is 2. The normalized spacial score (nSPS) is 12.8. The van der Waals surface area contributed by atoms with E-state index in [1.165, 1.54) is 17.5 Å². The molecule has 2 amide bonds. The number of nitrogens with zero attached hydrogens (tertiary/aromatic N) is 2. The predicted octanol–water partition coefficient (Wildman–Crippen LogP) is 2.25. The molecule has 0 spiro atoms. The van der Waals surface area contributed by atoms with Crippen molar-refractivity contribution in [2.45, 2.75) is 25.6 Å². The molecule has 0 saturated carbocycles. The highest BCUT2D eigenvalue weighted by atomic mass is 32.1. The third-order valence-corrected chi connectivity index (χ3v) is 3.33. The Kier molecular flexibility index (Phi) is 5.94. The number of carboxylic acid groups (broad SMARTS) is 1. The van der Waals surface area contributed by atoms with Crippen LogP contribution in [0.25, 0.3) is 0 Å². The van der Waals surface area contributed by atoms with E-state index in [4.69, 9.17) is 5.11 Å². The number of alkyl halides is 3. The van der Waals surface area contributed by atoms with Crippen molar-refractivity contribution in [1.82, 2.24) is 15.2 Å². The molecule has 0 fully saturated rings. The lowest BCUT2D eigenvalue weighted by molar-refractivity contribution is -0.149. The number of aromatic nitrogens is 1. The largest absolute Gasteiger partial charge is 0.480 e. The Morgan fingerprint density at radius 2 is 2.19 bits per heavy atom. The molecule has 1 aromatic rings. The summed E-state index contributed by atoms with van der Waals surface area (Å²) in [6.45, 7) is -0.920. The predicted molar refractivity (Wildman–Crippen MR) is 68.9 cm³/mol. The van der Waals surface area contributed by atoms with Gasteiger partial charge in [-0.05, 0) is 6.42 Å². The van der Waals surface area contributed by atoms with Gasteiger partial charge >= 0.3 is 18.2 Å². The monoisotopic (exact) mass is 325 g/mol. The van der Waals surface area contributed by atoms with Crippen LogP contribution in [0.15, 0.2) is 11.6 Å². The summed E-state index contributed by atoms with van der Waals surface area (Å²) in [5.74, 6) is -1.52. The first-order valence-corrected chi connectivity index (χ1v) is 6.84. The quantitative estimate of drug-likeness (QED) is 0.840. The fourth-order valence-corrected chi connectivity index (χ4v) is 2.34. The van der Waals surface area contributed by atoms with E-state index >= 15 is 0 Å². The van der Waals surface area contributed by atoms with E-state index in [1.54, 1.807) is 12.3 Å². The van der Waals surface area contributed by atoms with Gasteiger partial charge in [-0.1, -0.05) is 6.92 Å². The minimum atomic E-state index is -4.67. The van der Waals surface area contributed by atoms with Crippen LogP contribution in [0.4, 0.5) is 18.0 Å². The van der Waals surface area contributed by atoms with Crippen molar-refractivity contribution in [1.29, 1.82) is 0 Å². The molecule has 0 aliphatic rings. The lowest BCUT2D eigenvalue weighted by Crippen LogP contribution is -2.47. The Morgan fingerprint density at radius 1 is 1.52 bits per heavy atom. The number of urea groups is 1. The molecule has 0 aromatic carbocycles. The summed E-state index contributed by atoms with van der Waals surface area (Å²) in [7, 11) is 0. The second-order valence-corrected chi connectivity index (χ2v) is 5.07. The molecule has 0 aliphatic heterocycles. The fourth-order valence-electron chi connectivity index (χ4n) is 1.56. The van der Waals surface area contributed by atoms with Crippen molar-refractivity contribution >= 4 is 23.3 Å². The molecule has 0 bridgehead atoms. The molecule has 1 aromatic heterocycles. The fraction of sp³-hybridized carbons (Fsp3) is 0.545. The van der Waals surface area contributed by atoms with Gasteiger partial charge in [0, 0.05) is 11.6 Å². The molecule has 0 radical (unpaired) electrons. The maximum atomic E-state index is 12.4. The van der Waals surface area contributed by atoms with Gasteiger partial charge in [-0.25, -0.2) is 9.78 Å². The average molecular weight is 325 g/mol. The Labute approximate surface area is 122 Å². The minimum absolute atomic E-state index is 0.207. The Bertz CT molecular complexity index is 479. The van der Waals surface area contributed by atoms with E-state index in [9.17, 15) is 22.8 Å². The second kappa shape index (κ2) is 7.25. The van der Waals surface area contributed by atoms with Gasteiger partial charge in [0.2, 0.25) is 0 Å². The van der Waals surface area contributed by atoms with Gasteiger partial charge in [-0.15, -0.1) is 11.3 Å². The van der Waals surface area contributed by atoms with Crippen molar-refractivity contribution in [3.05, 3.63) is 16.6 Å². The molecule has 1 heterocycles. The van der Waals surface area contributed by atoms with E-state index in [0.717, 1.165) is 0 Å². The number of rotatable bonds is 6. The second-order valence-electron chi connectivity index (χ2n) is 4.15. The van der Waals surface area contributed by atoms with Crippen LogP contribution < -0.4 is 5.32 Å². The minimum Gasteiger partial charge on any atom is -0.480 e. The van der Waals surface area contributed by atoms with Crippen LogP contribution in [-0.2, 0) is 4.79 Å². The highest BCUT2D eigenvalue weighted by Gasteiger charge is 2.34. The number of aliphatic carboxylic acids is 1. The van der Waals surface area contributed by atoms with Gasteiger partial charge in [0.05, 0.1) is 6.04 Å². The summed E-state index contributed by atoms with van der Waals surface area (Å²) in [6, 6.07) is -1.64. The number of carbonyl (C=O) groups excluding carboxylic acids is 1. The molecule has 10 heteroatoms. The van der Waals surface area contributed by atoms with Gasteiger partial charge < -0.3 is 15.3 Å². The summed E-state index contributed by atoms with van der Waals surface area (Å²) in [5, 5.41) is 13.2. The molecule has 118 valence electrons. The van der Waals surface area contributed by atoms with Crippen molar-refractivity contribution in [2.24, 2.45) is 0 Å². The first-order chi connectivity index (χ1) is 9.73. The standard InChI is InChI=1S/C11H14F3N3O3S/c1-2-7(9-15-3-4-21-9)16-10(20)17(5-8(18)19)6-11(12,13)14/h3-4,7H,2,5-6H2,1H3,(H,16,20)(H,18,19). The number of hydrogen-bond acceptors (Lipinski definition) is 4. The number of carbonyl (C=O) groups is 2. The van der Waals surface area contributed by atoms with Crippen LogP contribution in [-0.4, -0.2) is 46.3 Å². The summed E-state index contributed by atoms with van der Waals surface area (Å²) in [4.78, 5) is 26.6. The van der Waals surface area contributed by atoms with Crippen LogP contribution in [0.3, 0.4) is 0 Å². The van der Waals surface area contributed by atoms with Crippen LogP contribution in [0, 0.1) is 0 Å². The van der Waals surface area contributed by atoms with E-state index in [2.05, 4.69) is 10.3 Å². The van der Waals surface area contributed by atoms with E-state index < -0.39 is 37.3 Å². The highest BCUT2D eigenvalue weighted by molar-refractivity contribution is 7.09. The van der Waals surface area contributed by atoms with Crippen LogP contribution in [0.1, 0.15) is 24.4 Å². The first-order valence-electron chi connectivity index (χ1n) is 5.96. The molecule has 2 N–H and O–H groups in total. The third-order valence-electron chi connectivity index (χ3n) is 2.44. The zero-order valence-corrected chi connectivity index (χ0v) is 11.9. The number of halogens is 3.